The van der Waals surface area contributed by atoms with Crippen LogP contribution in [-0.4, -0.2) is 65.3 Å². The highest BCUT2D eigenvalue weighted by atomic mass is 16.2. The van der Waals surface area contributed by atoms with Gasteiger partial charge in [0.1, 0.15) is 0 Å². The lowest BCUT2D eigenvalue weighted by Crippen LogP contribution is -2.59. The summed E-state index contributed by atoms with van der Waals surface area (Å²) in [6, 6.07) is 17.6. The van der Waals surface area contributed by atoms with Crippen LogP contribution in [0.1, 0.15) is 63.5 Å². The predicted molar refractivity (Wildman–Crippen MR) is 149 cm³/mol. The molecule has 1 unspecified atom stereocenters. The van der Waals surface area contributed by atoms with Gasteiger partial charge in [0.05, 0.1) is 17.5 Å². The van der Waals surface area contributed by atoms with Crippen molar-refractivity contribution in [1.29, 1.82) is 0 Å². The molecule has 3 heterocycles. The number of amides is 3. The third kappa shape index (κ3) is 4.96. The van der Waals surface area contributed by atoms with Gasteiger partial charge < -0.3 is 15.5 Å². The highest BCUT2D eigenvalue weighted by molar-refractivity contribution is 6.08. The molecule has 3 aliphatic heterocycles. The van der Waals surface area contributed by atoms with E-state index in [9.17, 15) is 14.4 Å². The molecule has 2 aromatic rings. The van der Waals surface area contributed by atoms with Crippen molar-refractivity contribution in [2.75, 3.05) is 24.5 Å². The Morgan fingerprint density at radius 1 is 0.947 bits per heavy atom. The number of nitrogens with two attached hydrogens (primary N) is 1. The lowest BCUT2D eigenvalue weighted by Gasteiger charge is -2.43. The molecular weight excluding hydrogens is 476 g/mol. The smallest absolute Gasteiger partial charge is 0.239 e. The number of anilines is 1. The maximum absolute atomic E-state index is 14.0. The number of hydrogen-bond donors (Lipinski definition) is 1. The van der Waals surface area contributed by atoms with E-state index in [1.165, 1.54) is 5.56 Å². The summed E-state index contributed by atoms with van der Waals surface area (Å²) >= 11 is 0. The number of rotatable bonds is 7. The summed E-state index contributed by atoms with van der Waals surface area (Å²) in [6.45, 7) is 5.92. The van der Waals surface area contributed by atoms with E-state index < -0.39 is 11.5 Å². The molecule has 0 radical (unpaired) electrons. The Balaban J connectivity index is 1.31. The van der Waals surface area contributed by atoms with Crippen LogP contribution in [0, 0.1) is 0 Å². The summed E-state index contributed by atoms with van der Waals surface area (Å²) in [4.78, 5) is 45.8. The minimum absolute atomic E-state index is 0.0746. The van der Waals surface area contributed by atoms with Crippen molar-refractivity contribution in [3.63, 3.8) is 0 Å². The minimum Gasteiger partial charge on any atom is -0.368 e. The lowest BCUT2D eigenvalue weighted by atomic mass is 9.86. The van der Waals surface area contributed by atoms with E-state index in [4.69, 9.17) is 5.73 Å². The average Bonchev–Trinajstić information content (AvgIpc) is 3.14. The number of nitrogens with zero attached hydrogens (tertiary/aromatic N) is 3. The quantitative estimate of drug-likeness (QED) is 0.609. The zero-order valence-corrected chi connectivity index (χ0v) is 22.6. The molecule has 2 fully saturated rings. The van der Waals surface area contributed by atoms with Crippen molar-refractivity contribution in [3.8, 4) is 0 Å². The number of benzene rings is 2. The molecule has 2 atom stereocenters. The first-order valence-corrected chi connectivity index (χ1v) is 14.1. The van der Waals surface area contributed by atoms with E-state index in [2.05, 4.69) is 23.1 Å². The maximum Gasteiger partial charge on any atom is 0.239 e. The van der Waals surface area contributed by atoms with Gasteiger partial charge in [-0.05, 0) is 76.1 Å². The standard InChI is InChI=1S/C31H40N4O3/c1-31(2)24-12-6-7-13-25(24)35(30(31)38)23-17-20-33(21-18-23)29(37)27(16-15-22-10-4-3-5-11-22)34-19-9-8-14-26(34)28(32)36/h3-7,10-13,23,26-27H,8-9,14-21H2,1-2H3,(H2,32,36)/t26?,27-/m0/s1. The van der Waals surface area contributed by atoms with Crippen molar-refractivity contribution in [3.05, 3.63) is 65.7 Å². The predicted octanol–water partition coefficient (Wildman–Crippen LogP) is 3.64. The first-order valence-electron chi connectivity index (χ1n) is 14.1. The number of para-hydroxylation sites is 1. The van der Waals surface area contributed by atoms with Crippen molar-refractivity contribution >= 4 is 23.4 Å². The molecule has 7 heteroatoms. The van der Waals surface area contributed by atoms with Crippen LogP contribution in [0.2, 0.25) is 0 Å². The zero-order valence-electron chi connectivity index (χ0n) is 22.6. The minimum atomic E-state index is -0.538. The van der Waals surface area contributed by atoms with E-state index >= 15 is 0 Å². The molecule has 3 aliphatic rings. The zero-order chi connectivity index (χ0) is 26.9. The molecule has 0 bridgehead atoms. The lowest BCUT2D eigenvalue weighted by molar-refractivity contribution is -0.142. The van der Waals surface area contributed by atoms with Crippen molar-refractivity contribution < 1.29 is 14.4 Å². The Bertz CT molecular complexity index is 1170. The molecule has 0 saturated carbocycles. The monoisotopic (exact) mass is 516 g/mol. The van der Waals surface area contributed by atoms with E-state index in [0.29, 0.717) is 32.5 Å². The summed E-state index contributed by atoms with van der Waals surface area (Å²) < 4.78 is 0. The molecule has 0 spiro atoms. The number of likely N-dealkylation sites (tertiary alicyclic amines) is 2. The number of carbonyl (C=O) groups excluding carboxylic acids is 3. The summed E-state index contributed by atoms with van der Waals surface area (Å²) in [6.07, 6.45) is 5.53. The number of aryl methyl sites for hydroxylation is 1. The summed E-state index contributed by atoms with van der Waals surface area (Å²) in [5, 5.41) is 0. The summed E-state index contributed by atoms with van der Waals surface area (Å²) in [5.41, 5.74) is 8.53. The van der Waals surface area contributed by atoms with Crippen LogP contribution in [0.25, 0.3) is 0 Å². The molecule has 2 aromatic carbocycles. The maximum atomic E-state index is 14.0. The topological polar surface area (TPSA) is 87.0 Å². The first kappa shape index (κ1) is 26.4. The average molecular weight is 517 g/mol. The third-order valence-corrected chi connectivity index (χ3v) is 8.84. The molecular formula is C31H40N4O3. The van der Waals surface area contributed by atoms with Crippen LogP contribution in [0.15, 0.2) is 54.6 Å². The van der Waals surface area contributed by atoms with Crippen LogP contribution in [0.5, 0.6) is 0 Å². The summed E-state index contributed by atoms with van der Waals surface area (Å²) in [7, 11) is 0. The molecule has 38 heavy (non-hydrogen) atoms. The van der Waals surface area contributed by atoms with Crippen LogP contribution < -0.4 is 10.6 Å². The Morgan fingerprint density at radius 2 is 1.63 bits per heavy atom. The highest BCUT2D eigenvalue weighted by Gasteiger charge is 2.47. The molecule has 5 rings (SSSR count). The molecule has 2 saturated heterocycles. The number of hydrogen-bond acceptors (Lipinski definition) is 4. The number of carbonyl (C=O) groups is 3. The molecule has 3 amide bonds. The van der Waals surface area contributed by atoms with Gasteiger partial charge in [0, 0.05) is 24.8 Å². The van der Waals surface area contributed by atoms with Crippen molar-refractivity contribution in [2.24, 2.45) is 5.73 Å². The van der Waals surface area contributed by atoms with Gasteiger partial charge in [-0.2, -0.15) is 0 Å². The van der Waals surface area contributed by atoms with Crippen LogP contribution >= 0.6 is 0 Å². The van der Waals surface area contributed by atoms with Crippen molar-refractivity contribution in [1.82, 2.24) is 9.80 Å². The van der Waals surface area contributed by atoms with Gasteiger partial charge in [0.25, 0.3) is 0 Å². The van der Waals surface area contributed by atoms with Crippen LogP contribution in [0.3, 0.4) is 0 Å². The number of primary amides is 1. The van der Waals surface area contributed by atoms with Gasteiger partial charge in [-0.25, -0.2) is 0 Å². The first-order chi connectivity index (χ1) is 18.3. The second-order valence-electron chi connectivity index (χ2n) is 11.6. The fourth-order valence-corrected chi connectivity index (χ4v) is 6.67. The molecule has 0 aliphatic carbocycles. The van der Waals surface area contributed by atoms with Gasteiger partial charge in [0.2, 0.25) is 17.7 Å². The Labute approximate surface area is 226 Å². The van der Waals surface area contributed by atoms with Gasteiger partial charge in [-0.1, -0.05) is 55.0 Å². The normalized spacial score (nSPS) is 22.8. The second kappa shape index (κ2) is 10.9. The van der Waals surface area contributed by atoms with Gasteiger partial charge in [-0.15, -0.1) is 0 Å². The number of fused-ring (bicyclic) bond motifs is 1. The van der Waals surface area contributed by atoms with E-state index in [1.807, 2.05) is 60.0 Å². The van der Waals surface area contributed by atoms with Crippen LogP contribution in [-0.2, 0) is 26.2 Å². The fourth-order valence-electron chi connectivity index (χ4n) is 6.67. The number of piperidine rings is 2. The van der Waals surface area contributed by atoms with Crippen molar-refractivity contribution in [2.45, 2.75) is 82.3 Å². The SMILES string of the molecule is CC1(C)C(=O)N(C2CCN(C(=O)[C@H](CCc3ccccc3)N3CCCCC3C(N)=O)CC2)c2ccccc21. The third-order valence-electron chi connectivity index (χ3n) is 8.84. The second-order valence-corrected chi connectivity index (χ2v) is 11.6. The highest BCUT2D eigenvalue weighted by Crippen LogP contribution is 2.43. The van der Waals surface area contributed by atoms with Crippen LogP contribution in [0.4, 0.5) is 5.69 Å². The van der Waals surface area contributed by atoms with E-state index in [0.717, 1.165) is 43.4 Å². The largest absolute Gasteiger partial charge is 0.368 e. The Hall–Kier alpha value is -3.19. The summed E-state index contributed by atoms with van der Waals surface area (Å²) in [5.74, 6) is -0.113. The van der Waals surface area contributed by atoms with Gasteiger partial charge >= 0.3 is 0 Å². The van der Waals surface area contributed by atoms with Gasteiger partial charge in [0.15, 0.2) is 0 Å². The van der Waals surface area contributed by atoms with Gasteiger partial charge in [-0.3, -0.25) is 19.3 Å². The Kier molecular flexibility index (Phi) is 7.57. The fraction of sp³-hybridized carbons (Fsp3) is 0.516. The van der Waals surface area contributed by atoms with E-state index in [1.54, 1.807) is 0 Å². The molecule has 202 valence electrons. The van der Waals surface area contributed by atoms with E-state index in [-0.39, 0.29) is 29.8 Å². The molecule has 7 nitrogen and oxygen atoms in total. The molecule has 0 aromatic heterocycles. The molecule has 2 N–H and O–H groups in total. The Morgan fingerprint density at radius 3 is 2.34 bits per heavy atom.